The van der Waals surface area contributed by atoms with Gasteiger partial charge >= 0.3 is 11.9 Å². The van der Waals surface area contributed by atoms with Crippen LogP contribution in [0.1, 0.15) is 19.4 Å². The van der Waals surface area contributed by atoms with Crippen molar-refractivity contribution in [3.63, 3.8) is 0 Å². The second-order valence-electron chi connectivity index (χ2n) is 4.85. The van der Waals surface area contributed by atoms with Gasteiger partial charge in [-0.1, -0.05) is 6.07 Å². The maximum Gasteiger partial charge on any atom is 0.348 e. The lowest BCUT2D eigenvalue weighted by Crippen LogP contribution is -2.41. The highest BCUT2D eigenvalue weighted by Crippen LogP contribution is 2.33. The Kier molecular flexibility index (Phi) is 2.67. The first-order chi connectivity index (χ1) is 9.44. The molecule has 0 bridgehead atoms. The van der Waals surface area contributed by atoms with Crippen LogP contribution in [-0.4, -0.2) is 24.5 Å². The van der Waals surface area contributed by atoms with E-state index in [0.717, 1.165) is 0 Å². The molecule has 2 aliphatic heterocycles. The maximum absolute atomic E-state index is 11.8. The highest BCUT2D eigenvalue weighted by Gasteiger charge is 2.38. The molecule has 0 radical (unpaired) electrons. The van der Waals surface area contributed by atoms with Gasteiger partial charge in [0.2, 0.25) is 6.79 Å². The van der Waals surface area contributed by atoms with Gasteiger partial charge in [0.05, 0.1) is 0 Å². The van der Waals surface area contributed by atoms with Crippen molar-refractivity contribution in [1.29, 1.82) is 0 Å². The normalized spacial score (nSPS) is 19.4. The Hall–Kier alpha value is -2.50. The summed E-state index contributed by atoms with van der Waals surface area (Å²) in [6.45, 7) is 3.16. The first kappa shape index (κ1) is 12.5. The molecule has 6 heteroatoms. The molecule has 104 valence electrons. The van der Waals surface area contributed by atoms with Gasteiger partial charge < -0.3 is 18.9 Å². The van der Waals surface area contributed by atoms with Crippen LogP contribution in [0.4, 0.5) is 0 Å². The van der Waals surface area contributed by atoms with E-state index in [0.29, 0.717) is 17.1 Å². The monoisotopic (exact) mass is 276 g/mol. The fourth-order valence-electron chi connectivity index (χ4n) is 1.95. The number of fused-ring (bicyclic) bond motifs is 1. The number of rotatable bonds is 1. The summed E-state index contributed by atoms with van der Waals surface area (Å²) in [7, 11) is 0. The number of esters is 2. The van der Waals surface area contributed by atoms with Crippen LogP contribution >= 0.6 is 0 Å². The smallest absolute Gasteiger partial charge is 0.348 e. The number of carbonyl (C=O) groups is 2. The minimum absolute atomic E-state index is 0.150. The fraction of sp³-hybridized carbons (Fsp3) is 0.286. The zero-order valence-corrected chi connectivity index (χ0v) is 11.0. The first-order valence-corrected chi connectivity index (χ1v) is 6.03. The average Bonchev–Trinajstić information content (AvgIpc) is 2.80. The van der Waals surface area contributed by atoms with Crippen LogP contribution in [-0.2, 0) is 19.1 Å². The van der Waals surface area contributed by atoms with Crippen LogP contribution in [0.5, 0.6) is 11.5 Å². The molecular formula is C14H12O6. The third kappa shape index (κ3) is 2.20. The van der Waals surface area contributed by atoms with Crippen molar-refractivity contribution in [3.05, 3.63) is 29.3 Å². The summed E-state index contributed by atoms with van der Waals surface area (Å²) in [5.74, 6) is -1.45. The van der Waals surface area contributed by atoms with Crippen molar-refractivity contribution >= 4 is 18.0 Å². The van der Waals surface area contributed by atoms with Gasteiger partial charge in [0, 0.05) is 13.8 Å². The third-order valence-corrected chi connectivity index (χ3v) is 2.82. The summed E-state index contributed by atoms with van der Waals surface area (Å²) in [5, 5.41) is 0. The van der Waals surface area contributed by atoms with Crippen LogP contribution < -0.4 is 9.47 Å². The van der Waals surface area contributed by atoms with Crippen LogP contribution in [0.15, 0.2) is 23.8 Å². The van der Waals surface area contributed by atoms with Crippen molar-refractivity contribution in [2.24, 2.45) is 0 Å². The second kappa shape index (κ2) is 4.26. The van der Waals surface area contributed by atoms with Gasteiger partial charge in [0.25, 0.3) is 5.79 Å². The standard InChI is InChI=1S/C14H12O6/c1-14(2)19-12(15)9(13(16)20-14)5-8-3-4-10-11(6-8)18-7-17-10/h3-6H,7H2,1-2H3. The number of hydrogen-bond donors (Lipinski definition) is 0. The summed E-state index contributed by atoms with van der Waals surface area (Å²) in [6.07, 6.45) is 1.40. The van der Waals surface area contributed by atoms with E-state index in [-0.39, 0.29) is 12.4 Å². The van der Waals surface area contributed by atoms with Crippen molar-refractivity contribution in [2.45, 2.75) is 19.6 Å². The summed E-state index contributed by atoms with van der Waals surface area (Å²) in [5.41, 5.74) is 0.473. The number of hydrogen-bond acceptors (Lipinski definition) is 6. The fourth-order valence-corrected chi connectivity index (χ4v) is 1.95. The van der Waals surface area contributed by atoms with Gasteiger partial charge in [-0.05, 0) is 23.8 Å². The molecule has 2 aliphatic rings. The molecule has 1 fully saturated rings. The van der Waals surface area contributed by atoms with E-state index in [9.17, 15) is 9.59 Å². The van der Waals surface area contributed by atoms with Crippen LogP contribution in [0.2, 0.25) is 0 Å². The predicted molar refractivity (Wildman–Crippen MR) is 66.8 cm³/mol. The summed E-state index contributed by atoms with van der Waals surface area (Å²) in [4.78, 5) is 23.6. The molecule has 0 amide bonds. The van der Waals surface area contributed by atoms with E-state index < -0.39 is 17.7 Å². The topological polar surface area (TPSA) is 71.1 Å². The molecule has 0 spiro atoms. The highest BCUT2D eigenvalue weighted by molar-refractivity contribution is 6.18. The molecule has 0 aromatic heterocycles. The quantitative estimate of drug-likeness (QED) is 0.441. The minimum Gasteiger partial charge on any atom is -0.454 e. The van der Waals surface area contributed by atoms with E-state index in [1.165, 1.54) is 19.9 Å². The molecule has 1 aromatic rings. The van der Waals surface area contributed by atoms with Crippen molar-refractivity contribution in [3.8, 4) is 11.5 Å². The number of benzene rings is 1. The van der Waals surface area contributed by atoms with Gasteiger partial charge in [-0.2, -0.15) is 0 Å². The van der Waals surface area contributed by atoms with Gasteiger partial charge in [0.1, 0.15) is 5.57 Å². The molecule has 2 heterocycles. The summed E-state index contributed by atoms with van der Waals surface area (Å²) in [6, 6.07) is 5.09. The van der Waals surface area contributed by atoms with E-state index in [1.807, 2.05) is 0 Å². The molecular weight excluding hydrogens is 264 g/mol. The van der Waals surface area contributed by atoms with Crippen molar-refractivity contribution < 1.29 is 28.5 Å². The second-order valence-corrected chi connectivity index (χ2v) is 4.85. The molecule has 1 saturated heterocycles. The Morgan fingerprint density at radius 1 is 1.05 bits per heavy atom. The number of ether oxygens (including phenoxy) is 4. The van der Waals surface area contributed by atoms with E-state index in [2.05, 4.69) is 0 Å². The molecule has 0 unspecified atom stereocenters. The third-order valence-electron chi connectivity index (χ3n) is 2.82. The molecule has 3 rings (SSSR count). The van der Waals surface area contributed by atoms with Crippen molar-refractivity contribution in [2.75, 3.05) is 6.79 Å². The van der Waals surface area contributed by atoms with E-state index in [1.54, 1.807) is 18.2 Å². The Morgan fingerprint density at radius 2 is 1.70 bits per heavy atom. The SMILES string of the molecule is CC1(C)OC(=O)C(=Cc2ccc3c(c2)OCO3)C(=O)O1. The molecule has 0 N–H and O–H groups in total. The van der Waals surface area contributed by atoms with Gasteiger partial charge in [0.15, 0.2) is 11.5 Å². The molecule has 6 nitrogen and oxygen atoms in total. The maximum atomic E-state index is 11.8. The van der Waals surface area contributed by atoms with Gasteiger partial charge in [-0.25, -0.2) is 9.59 Å². The van der Waals surface area contributed by atoms with Crippen molar-refractivity contribution in [1.82, 2.24) is 0 Å². The van der Waals surface area contributed by atoms with Crippen LogP contribution in [0.25, 0.3) is 6.08 Å². The number of cyclic esters (lactones) is 2. The van der Waals surface area contributed by atoms with Gasteiger partial charge in [-0.15, -0.1) is 0 Å². The summed E-state index contributed by atoms with van der Waals surface area (Å²) >= 11 is 0. The highest BCUT2D eigenvalue weighted by atomic mass is 16.7. The van der Waals surface area contributed by atoms with Crippen LogP contribution in [0.3, 0.4) is 0 Å². The minimum atomic E-state index is -1.24. The largest absolute Gasteiger partial charge is 0.454 e. The lowest BCUT2D eigenvalue weighted by Gasteiger charge is -2.29. The first-order valence-electron chi connectivity index (χ1n) is 6.03. The lowest BCUT2D eigenvalue weighted by atomic mass is 10.1. The average molecular weight is 276 g/mol. The molecule has 0 aliphatic carbocycles. The van der Waals surface area contributed by atoms with E-state index in [4.69, 9.17) is 18.9 Å². The molecule has 0 atom stereocenters. The zero-order chi connectivity index (χ0) is 14.3. The van der Waals surface area contributed by atoms with Gasteiger partial charge in [-0.3, -0.25) is 0 Å². The Balaban J connectivity index is 1.92. The van der Waals surface area contributed by atoms with E-state index >= 15 is 0 Å². The molecule has 0 saturated carbocycles. The lowest BCUT2D eigenvalue weighted by molar-refractivity contribution is -0.222. The Morgan fingerprint density at radius 3 is 2.40 bits per heavy atom. The zero-order valence-electron chi connectivity index (χ0n) is 11.0. The van der Waals surface area contributed by atoms with Crippen LogP contribution in [0, 0.1) is 0 Å². The Bertz CT molecular complexity index is 607. The predicted octanol–water partition coefficient (Wildman–Crippen LogP) is 1.63. The number of carbonyl (C=O) groups excluding carboxylic acids is 2. The summed E-state index contributed by atoms with van der Waals surface area (Å²) < 4.78 is 20.4. The molecule has 1 aromatic carbocycles. The Labute approximate surface area is 114 Å². The molecule has 20 heavy (non-hydrogen) atoms.